The van der Waals surface area contributed by atoms with Gasteiger partial charge in [-0.2, -0.15) is 0 Å². The number of methoxy groups -OCH3 is 1. The van der Waals surface area contributed by atoms with E-state index < -0.39 is 5.54 Å². The zero-order valence-corrected chi connectivity index (χ0v) is 11.7. The summed E-state index contributed by atoms with van der Waals surface area (Å²) in [5.41, 5.74) is 0.298. The molecular weight excluding hydrogens is 244 g/mol. The van der Waals surface area contributed by atoms with Gasteiger partial charge in [0, 0.05) is 11.2 Å². The van der Waals surface area contributed by atoms with Crippen LogP contribution in [0.5, 0.6) is 5.75 Å². The number of carbonyl (C=O) groups excluding carboxylic acids is 1. The molecular formula is C14H22N2O3. The molecule has 1 rings (SSSR count). The van der Waals surface area contributed by atoms with Gasteiger partial charge in [-0.1, -0.05) is 6.92 Å². The average molecular weight is 266 g/mol. The second-order valence-electron chi connectivity index (χ2n) is 4.70. The van der Waals surface area contributed by atoms with Crippen LogP contribution in [0.4, 0.5) is 5.69 Å². The molecule has 0 bridgehead atoms. The molecule has 0 saturated heterocycles. The first-order chi connectivity index (χ1) is 9.03. The molecule has 0 heterocycles. The van der Waals surface area contributed by atoms with Gasteiger partial charge in [-0.25, -0.2) is 0 Å². The van der Waals surface area contributed by atoms with Gasteiger partial charge in [-0.15, -0.1) is 0 Å². The Balaban J connectivity index is 2.46. The Labute approximate surface area is 114 Å². The molecule has 5 nitrogen and oxygen atoms in total. The van der Waals surface area contributed by atoms with E-state index in [1.54, 1.807) is 31.4 Å². The number of amides is 1. The molecule has 5 heteroatoms. The van der Waals surface area contributed by atoms with Gasteiger partial charge in [-0.05, 0) is 37.6 Å². The highest BCUT2D eigenvalue weighted by Crippen LogP contribution is 2.14. The van der Waals surface area contributed by atoms with Crippen molar-refractivity contribution in [2.24, 2.45) is 0 Å². The number of aliphatic hydroxyl groups excluding tert-OH is 1. The van der Waals surface area contributed by atoms with Gasteiger partial charge in [0.1, 0.15) is 5.75 Å². The summed E-state index contributed by atoms with van der Waals surface area (Å²) in [6, 6.07) is 7.13. The molecule has 1 aromatic carbocycles. The number of aliphatic hydroxyl groups is 1. The second-order valence-corrected chi connectivity index (χ2v) is 4.70. The van der Waals surface area contributed by atoms with Gasteiger partial charge in [0.15, 0.2) is 0 Å². The van der Waals surface area contributed by atoms with Crippen LogP contribution in [-0.4, -0.2) is 36.8 Å². The van der Waals surface area contributed by atoms with Crippen LogP contribution in [-0.2, 0) is 4.79 Å². The van der Waals surface area contributed by atoms with Crippen LogP contribution in [0, 0.1) is 0 Å². The molecule has 0 aliphatic heterocycles. The molecule has 0 saturated carbocycles. The van der Waals surface area contributed by atoms with E-state index in [4.69, 9.17) is 4.74 Å². The number of hydrogen-bond donors (Lipinski definition) is 3. The minimum Gasteiger partial charge on any atom is -0.497 e. The van der Waals surface area contributed by atoms with E-state index in [1.165, 1.54) is 0 Å². The van der Waals surface area contributed by atoms with Gasteiger partial charge in [0.2, 0.25) is 5.91 Å². The molecule has 1 atom stereocenters. The van der Waals surface area contributed by atoms with E-state index in [0.29, 0.717) is 0 Å². The van der Waals surface area contributed by atoms with Crippen LogP contribution >= 0.6 is 0 Å². The topological polar surface area (TPSA) is 70.6 Å². The summed E-state index contributed by atoms with van der Waals surface area (Å²) in [5, 5.41) is 15.1. The highest BCUT2D eigenvalue weighted by molar-refractivity contribution is 5.92. The molecule has 1 amide bonds. The Bertz CT molecular complexity index is 400. The predicted molar refractivity (Wildman–Crippen MR) is 75.4 cm³/mol. The normalized spacial score (nSPS) is 13.7. The number of hydrogen-bond acceptors (Lipinski definition) is 4. The first-order valence-corrected chi connectivity index (χ1v) is 6.33. The standard InChI is InChI=1S/C14H22N2O3/c1-4-14(2,10-17)15-9-13(18)16-11-5-7-12(19-3)8-6-11/h5-8,15,17H,4,9-10H2,1-3H3,(H,16,18). The SMILES string of the molecule is CCC(C)(CO)NCC(=O)Nc1ccc(OC)cc1. The summed E-state index contributed by atoms with van der Waals surface area (Å²) in [7, 11) is 1.60. The van der Waals surface area contributed by atoms with Crippen LogP contribution in [0.3, 0.4) is 0 Å². The van der Waals surface area contributed by atoms with Gasteiger partial charge < -0.3 is 20.5 Å². The van der Waals surface area contributed by atoms with Crippen molar-refractivity contribution in [1.29, 1.82) is 0 Å². The monoisotopic (exact) mass is 266 g/mol. The Morgan fingerprint density at radius 2 is 2.00 bits per heavy atom. The fraction of sp³-hybridized carbons (Fsp3) is 0.500. The lowest BCUT2D eigenvalue weighted by molar-refractivity contribution is -0.115. The number of anilines is 1. The number of nitrogens with one attached hydrogen (secondary N) is 2. The van der Waals surface area contributed by atoms with Crippen molar-refractivity contribution in [2.75, 3.05) is 25.6 Å². The third-order valence-electron chi connectivity index (χ3n) is 3.18. The molecule has 0 fully saturated rings. The average Bonchev–Trinajstić information content (AvgIpc) is 2.45. The summed E-state index contributed by atoms with van der Waals surface area (Å²) < 4.78 is 5.04. The summed E-state index contributed by atoms with van der Waals surface area (Å²) in [4.78, 5) is 11.8. The minimum absolute atomic E-state index is 0.000679. The Hall–Kier alpha value is -1.59. The summed E-state index contributed by atoms with van der Waals surface area (Å²) >= 11 is 0. The molecule has 0 aliphatic rings. The highest BCUT2D eigenvalue weighted by atomic mass is 16.5. The molecule has 0 aromatic heterocycles. The molecule has 19 heavy (non-hydrogen) atoms. The highest BCUT2D eigenvalue weighted by Gasteiger charge is 2.20. The number of ether oxygens (including phenoxy) is 1. The van der Waals surface area contributed by atoms with Gasteiger partial charge in [0.25, 0.3) is 0 Å². The quantitative estimate of drug-likeness (QED) is 0.697. The zero-order valence-electron chi connectivity index (χ0n) is 11.7. The van der Waals surface area contributed by atoms with Gasteiger partial charge in [-0.3, -0.25) is 4.79 Å². The molecule has 0 radical (unpaired) electrons. The second kappa shape index (κ2) is 7.11. The van der Waals surface area contributed by atoms with Crippen molar-refractivity contribution in [3.8, 4) is 5.75 Å². The Morgan fingerprint density at radius 1 is 1.37 bits per heavy atom. The van der Waals surface area contributed by atoms with Crippen LogP contribution in [0.1, 0.15) is 20.3 Å². The largest absolute Gasteiger partial charge is 0.497 e. The number of rotatable bonds is 7. The van der Waals surface area contributed by atoms with Crippen molar-refractivity contribution >= 4 is 11.6 Å². The molecule has 3 N–H and O–H groups in total. The first kappa shape index (κ1) is 15.5. The van der Waals surface area contributed by atoms with Crippen molar-refractivity contribution in [3.05, 3.63) is 24.3 Å². The summed E-state index contributed by atoms with van der Waals surface area (Å²) in [5.74, 6) is 0.605. The van der Waals surface area contributed by atoms with Crippen LogP contribution in [0.15, 0.2) is 24.3 Å². The first-order valence-electron chi connectivity index (χ1n) is 6.33. The van der Waals surface area contributed by atoms with Crippen LogP contribution in [0.2, 0.25) is 0 Å². The van der Waals surface area contributed by atoms with E-state index in [-0.39, 0.29) is 19.1 Å². The van der Waals surface area contributed by atoms with E-state index in [2.05, 4.69) is 10.6 Å². The third kappa shape index (κ3) is 4.89. The van der Waals surface area contributed by atoms with Crippen molar-refractivity contribution in [3.63, 3.8) is 0 Å². The van der Waals surface area contributed by atoms with E-state index in [0.717, 1.165) is 17.9 Å². The lowest BCUT2D eigenvalue weighted by atomic mass is 10.0. The van der Waals surface area contributed by atoms with Gasteiger partial charge in [0.05, 0.1) is 20.3 Å². The van der Waals surface area contributed by atoms with Crippen molar-refractivity contribution < 1.29 is 14.6 Å². The molecule has 1 unspecified atom stereocenters. The van der Waals surface area contributed by atoms with Crippen LogP contribution < -0.4 is 15.4 Å². The minimum atomic E-state index is -0.419. The fourth-order valence-electron chi connectivity index (χ4n) is 1.47. The predicted octanol–water partition coefficient (Wildman–Crippen LogP) is 1.38. The maximum absolute atomic E-state index is 11.8. The van der Waals surface area contributed by atoms with Crippen LogP contribution in [0.25, 0.3) is 0 Å². The van der Waals surface area contributed by atoms with Crippen molar-refractivity contribution in [2.45, 2.75) is 25.8 Å². The van der Waals surface area contributed by atoms with E-state index in [1.807, 2.05) is 13.8 Å². The number of carbonyl (C=O) groups is 1. The van der Waals surface area contributed by atoms with Gasteiger partial charge >= 0.3 is 0 Å². The maximum Gasteiger partial charge on any atom is 0.238 e. The molecule has 1 aromatic rings. The third-order valence-corrected chi connectivity index (χ3v) is 3.18. The fourth-order valence-corrected chi connectivity index (χ4v) is 1.47. The summed E-state index contributed by atoms with van der Waals surface area (Å²) in [6.07, 6.45) is 0.749. The van der Waals surface area contributed by atoms with E-state index in [9.17, 15) is 9.90 Å². The maximum atomic E-state index is 11.8. The Kier molecular flexibility index (Phi) is 5.79. The Morgan fingerprint density at radius 3 is 2.47 bits per heavy atom. The molecule has 0 spiro atoms. The van der Waals surface area contributed by atoms with Crippen molar-refractivity contribution in [1.82, 2.24) is 5.32 Å². The van der Waals surface area contributed by atoms with E-state index >= 15 is 0 Å². The molecule has 106 valence electrons. The molecule has 0 aliphatic carbocycles. The zero-order chi connectivity index (χ0) is 14.3. The smallest absolute Gasteiger partial charge is 0.238 e. The number of benzene rings is 1. The summed E-state index contributed by atoms with van der Waals surface area (Å²) in [6.45, 7) is 4.01. The lowest BCUT2D eigenvalue weighted by Gasteiger charge is -2.26. The lowest BCUT2D eigenvalue weighted by Crippen LogP contribution is -2.48.